The number of aryl methyl sites for hydroxylation is 2. The van der Waals surface area contributed by atoms with Crippen LogP contribution in [0.25, 0.3) is 0 Å². The summed E-state index contributed by atoms with van der Waals surface area (Å²) in [5.74, 6) is 0.517. The number of nitrogens with zero attached hydrogens (tertiary/aromatic N) is 3. The first kappa shape index (κ1) is 16.3. The van der Waals surface area contributed by atoms with Crippen molar-refractivity contribution >= 4 is 23.1 Å². The largest absolute Gasteiger partial charge is 0.326 e. The van der Waals surface area contributed by atoms with Gasteiger partial charge in [0, 0.05) is 24.0 Å². The van der Waals surface area contributed by atoms with Crippen LogP contribution in [0.5, 0.6) is 0 Å². The Morgan fingerprint density at radius 3 is 2.77 bits per heavy atom. The molecular formula is C21H20N4O. The summed E-state index contributed by atoms with van der Waals surface area (Å²) in [6.07, 6.45) is 2.43. The van der Waals surface area contributed by atoms with E-state index >= 15 is 0 Å². The lowest BCUT2D eigenvalue weighted by atomic mass is 10.1. The molecule has 1 aromatic heterocycles. The SMILES string of the molecule is Cc1ccc(NC(=O)c2cc(N3CCc4ccccc43)ncn2)c(C)c1. The van der Waals surface area contributed by atoms with Crippen molar-refractivity contribution in [3.05, 3.63) is 77.2 Å². The topological polar surface area (TPSA) is 58.1 Å². The summed E-state index contributed by atoms with van der Waals surface area (Å²) in [4.78, 5) is 23.3. The summed E-state index contributed by atoms with van der Waals surface area (Å²) in [6, 6.07) is 16.0. The lowest BCUT2D eigenvalue weighted by molar-refractivity contribution is 0.102. The third kappa shape index (κ3) is 3.04. The second kappa shape index (κ2) is 6.59. The van der Waals surface area contributed by atoms with Gasteiger partial charge < -0.3 is 10.2 Å². The molecule has 3 aromatic rings. The zero-order valence-corrected chi connectivity index (χ0v) is 14.9. The van der Waals surface area contributed by atoms with Gasteiger partial charge in [0.1, 0.15) is 17.8 Å². The molecule has 0 radical (unpaired) electrons. The number of carbonyl (C=O) groups excluding carboxylic acids is 1. The van der Waals surface area contributed by atoms with Crippen LogP contribution in [-0.2, 0) is 6.42 Å². The molecule has 0 saturated heterocycles. The van der Waals surface area contributed by atoms with Gasteiger partial charge in [0.25, 0.3) is 5.91 Å². The average molecular weight is 344 g/mol. The fraction of sp³-hybridized carbons (Fsp3) is 0.190. The molecule has 5 nitrogen and oxygen atoms in total. The van der Waals surface area contributed by atoms with Crippen LogP contribution in [0.4, 0.5) is 17.2 Å². The highest BCUT2D eigenvalue weighted by Gasteiger charge is 2.22. The summed E-state index contributed by atoms with van der Waals surface area (Å²) >= 11 is 0. The van der Waals surface area contributed by atoms with E-state index in [1.54, 1.807) is 6.07 Å². The van der Waals surface area contributed by atoms with E-state index in [0.29, 0.717) is 5.69 Å². The minimum Gasteiger partial charge on any atom is -0.326 e. The van der Waals surface area contributed by atoms with Gasteiger partial charge in [-0.15, -0.1) is 0 Å². The zero-order chi connectivity index (χ0) is 18.1. The van der Waals surface area contributed by atoms with E-state index in [1.807, 2.05) is 44.2 Å². The first-order valence-corrected chi connectivity index (χ1v) is 8.68. The molecule has 0 spiro atoms. The van der Waals surface area contributed by atoms with E-state index in [9.17, 15) is 4.79 Å². The van der Waals surface area contributed by atoms with E-state index in [1.165, 1.54) is 11.9 Å². The van der Waals surface area contributed by atoms with Gasteiger partial charge in [0.05, 0.1) is 0 Å². The van der Waals surface area contributed by atoms with Crippen molar-refractivity contribution in [3.63, 3.8) is 0 Å². The summed E-state index contributed by atoms with van der Waals surface area (Å²) in [7, 11) is 0. The Kier molecular flexibility index (Phi) is 4.13. The third-order valence-corrected chi connectivity index (χ3v) is 4.68. The van der Waals surface area contributed by atoms with Gasteiger partial charge in [-0.05, 0) is 43.5 Å². The number of amides is 1. The Morgan fingerprint density at radius 2 is 1.92 bits per heavy atom. The molecule has 5 heteroatoms. The van der Waals surface area contributed by atoms with Gasteiger partial charge >= 0.3 is 0 Å². The highest BCUT2D eigenvalue weighted by Crippen LogP contribution is 2.33. The fourth-order valence-corrected chi connectivity index (χ4v) is 3.34. The quantitative estimate of drug-likeness (QED) is 0.779. The fourth-order valence-electron chi connectivity index (χ4n) is 3.34. The Balaban J connectivity index is 1.59. The lowest BCUT2D eigenvalue weighted by Crippen LogP contribution is -2.18. The number of hydrogen-bond donors (Lipinski definition) is 1. The molecule has 0 saturated carbocycles. The summed E-state index contributed by atoms with van der Waals surface area (Å²) in [5, 5.41) is 2.94. The molecule has 1 aliphatic heterocycles. The molecule has 0 unspecified atom stereocenters. The maximum Gasteiger partial charge on any atom is 0.274 e. The molecule has 1 aliphatic rings. The van der Waals surface area contributed by atoms with Gasteiger partial charge in [-0.3, -0.25) is 4.79 Å². The number of rotatable bonds is 3. The van der Waals surface area contributed by atoms with Crippen LogP contribution < -0.4 is 10.2 Å². The van der Waals surface area contributed by atoms with Crippen molar-refractivity contribution in [3.8, 4) is 0 Å². The number of carbonyl (C=O) groups is 1. The molecule has 1 amide bonds. The number of fused-ring (bicyclic) bond motifs is 1. The number of anilines is 3. The van der Waals surface area contributed by atoms with E-state index in [0.717, 1.165) is 41.3 Å². The van der Waals surface area contributed by atoms with Crippen LogP contribution >= 0.6 is 0 Å². The summed E-state index contributed by atoms with van der Waals surface area (Å²) in [5.41, 5.74) is 5.80. The predicted octanol–water partition coefficient (Wildman–Crippen LogP) is 4.04. The Morgan fingerprint density at radius 1 is 1.08 bits per heavy atom. The molecule has 0 bridgehead atoms. The minimum atomic E-state index is -0.229. The number of para-hydroxylation sites is 1. The molecular weight excluding hydrogens is 324 g/mol. The van der Waals surface area contributed by atoms with Gasteiger partial charge in [0.2, 0.25) is 0 Å². The van der Waals surface area contributed by atoms with Crippen molar-refractivity contribution in [2.24, 2.45) is 0 Å². The predicted molar refractivity (Wildman–Crippen MR) is 103 cm³/mol. The molecule has 0 aliphatic carbocycles. The molecule has 2 heterocycles. The molecule has 4 rings (SSSR count). The van der Waals surface area contributed by atoms with Crippen LogP contribution in [0.15, 0.2) is 54.9 Å². The molecule has 2 aromatic carbocycles. The molecule has 1 N–H and O–H groups in total. The van der Waals surface area contributed by atoms with Crippen molar-refractivity contribution in [1.29, 1.82) is 0 Å². The Labute approximate surface area is 152 Å². The van der Waals surface area contributed by atoms with Crippen molar-refractivity contribution in [1.82, 2.24) is 9.97 Å². The monoisotopic (exact) mass is 344 g/mol. The van der Waals surface area contributed by atoms with E-state index in [-0.39, 0.29) is 5.91 Å². The average Bonchev–Trinajstić information content (AvgIpc) is 3.08. The van der Waals surface area contributed by atoms with E-state index in [2.05, 4.69) is 32.3 Å². The van der Waals surface area contributed by atoms with Crippen molar-refractivity contribution < 1.29 is 4.79 Å². The number of aromatic nitrogens is 2. The maximum atomic E-state index is 12.6. The maximum absolute atomic E-state index is 12.6. The van der Waals surface area contributed by atoms with Gasteiger partial charge in [-0.1, -0.05) is 35.9 Å². The van der Waals surface area contributed by atoms with Crippen LogP contribution in [0, 0.1) is 13.8 Å². The van der Waals surface area contributed by atoms with Crippen LogP contribution in [0.1, 0.15) is 27.2 Å². The third-order valence-electron chi connectivity index (χ3n) is 4.68. The first-order valence-electron chi connectivity index (χ1n) is 8.68. The van der Waals surface area contributed by atoms with Gasteiger partial charge in [0.15, 0.2) is 0 Å². The second-order valence-corrected chi connectivity index (χ2v) is 6.56. The number of nitrogens with one attached hydrogen (secondary N) is 1. The van der Waals surface area contributed by atoms with E-state index in [4.69, 9.17) is 0 Å². The number of hydrogen-bond acceptors (Lipinski definition) is 4. The molecule has 130 valence electrons. The smallest absolute Gasteiger partial charge is 0.274 e. The highest BCUT2D eigenvalue weighted by atomic mass is 16.1. The zero-order valence-electron chi connectivity index (χ0n) is 14.9. The molecule has 26 heavy (non-hydrogen) atoms. The normalized spacial score (nSPS) is 12.8. The van der Waals surface area contributed by atoms with Crippen LogP contribution in [-0.4, -0.2) is 22.4 Å². The van der Waals surface area contributed by atoms with Crippen LogP contribution in [0.2, 0.25) is 0 Å². The Hall–Kier alpha value is -3.21. The van der Waals surface area contributed by atoms with E-state index < -0.39 is 0 Å². The molecule has 0 fully saturated rings. The first-order chi connectivity index (χ1) is 12.6. The Bertz CT molecular complexity index is 983. The van der Waals surface area contributed by atoms with Gasteiger partial charge in [-0.2, -0.15) is 0 Å². The molecule has 0 atom stereocenters. The lowest BCUT2D eigenvalue weighted by Gasteiger charge is -2.18. The minimum absolute atomic E-state index is 0.229. The van der Waals surface area contributed by atoms with Crippen LogP contribution in [0.3, 0.4) is 0 Å². The summed E-state index contributed by atoms with van der Waals surface area (Å²) in [6.45, 7) is 4.87. The second-order valence-electron chi connectivity index (χ2n) is 6.56. The summed E-state index contributed by atoms with van der Waals surface area (Å²) < 4.78 is 0. The standard InChI is InChI=1S/C21H20N4O/c1-14-7-8-17(15(2)11-14)24-21(26)18-12-20(23-13-22-18)25-10-9-16-5-3-4-6-19(16)25/h3-8,11-13H,9-10H2,1-2H3,(H,24,26). The van der Waals surface area contributed by atoms with Crippen molar-refractivity contribution in [2.45, 2.75) is 20.3 Å². The number of benzene rings is 2. The highest BCUT2D eigenvalue weighted by molar-refractivity contribution is 6.03. The van der Waals surface area contributed by atoms with Gasteiger partial charge in [-0.25, -0.2) is 9.97 Å². The van der Waals surface area contributed by atoms with Crippen molar-refractivity contribution in [2.75, 3.05) is 16.8 Å².